The molecule has 138 valence electrons. The number of rotatable bonds is 8. The van der Waals surface area contributed by atoms with Gasteiger partial charge in [-0.25, -0.2) is 0 Å². The summed E-state index contributed by atoms with van der Waals surface area (Å²) < 4.78 is 5.54. The second kappa shape index (κ2) is 9.64. The molecule has 0 aromatic heterocycles. The molecule has 0 spiro atoms. The van der Waals surface area contributed by atoms with Crippen LogP contribution in [0.4, 0.5) is 11.4 Å². The van der Waals surface area contributed by atoms with E-state index in [-0.39, 0.29) is 5.91 Å². The molecule has 0 fully saturated rings. The fourth-order valence-corrected chi connectivity index (χ4v) is 2.71. The molecule has 0 aliphatic rings. The van der Waals surface area contributed by atoms with Crippen LogP contribution < -0.4 is 15.4 Å². The topological polar surface area (TPSA) is 50.4 Å². The van der Waals surface area contributed by atoms with E-state index in [1.165, 1.54) is 0 Å². The second-order valence-corrected chi connectivity index (χ2v) is 6.39. The van der Waals surface area contributed by atoms with Crippen molar-refractivity contribution in [3.63, 3.8) is 0 Å². The monoisotopic (exact) mass is 380 g/mol. The van der Waals surface area contributed by atoms with Crippen LogP contribution in [0.2, 0.25) is 5.02 Å². The Morgan fingerprint density at radius 2 is 1.52 bits per heavy atom. The Kier molecular flexibility index (Phi) is 6.72. The third-order valence-corrected chi connectivity index (χ3v) is 4.32. The third-order valence-electron chi connectivity index (χ3n) is 3.95. The Morgan fingerprint density at radius 3 is 2.26 bits per heavy atom. The second-order valence-electron chi connectivity index (χ2n) is 5.98. The highest BCUT2D eigenvalue weighted by atomic mass is 35.5. The average Bonchev–Trinajstić information content (AvgIpc) is 2.69. The van der Waals surface area contributed by atoms with E-state index in [9.17, 15) is 4.79 Å². The van der Waals surface area contributed by atoms with Gasteiger partial charge in [-0.15, -0.1) is 0 Å². The predicted molar refractivity (Wildman–Crippen MR) is 110 cm³/mol. The van der Waals surface area contributed by atoms with Gasteiger partial charge in [0, 0.05) is 22.9 Å². The molecule has 0 aliphatic carbocycles. The summed E-state index contributed by atoms with van der Waals surface area (Å²) in [5, 5.41) is 6.93. The maximum atomic E-state index is 12.0. The normalized spacial score (nSPS) is 10.3. The number of amides is 1. The van der Waals surface area contributed by atoms with Crippen molar-refractivity contribution < 1.29 is 9.53 Å². The SMILES string of the molecule is O=C(CCOc1ccccc1)Nc1ccc(NCc2ccccc2Cl)cc1. The summed E-state index contributed by atoms with van der Waals surface area (Å²) in [6, 6.07) is 24.8. The molecular weight excluding hydrogens is 360 g/mol. The standard InChI is InChI=1S/C22H21ClN2O2/c23-21-9-5-4-6-17(21)16-24-18-10-12-19(13-11-18)25-22(26)14-15-27-20-7-2-1-3-8-20/h1-13,24H,14-16H2,(H,25,26). The zero-order valence-electron chi connectivity index (χ0n) is 14.8. The van der Waals surface area contributed by atoms with Crippen molar-refractivity contribution >= 4 is 28.9 Å². The first-order chi connectivity index (χ1) is 13.2. The lowest BCUT2D eigenvalue weighted by atomic mass is 10.2. The minimum Gasteiger partial charge on any atom is -0.493 e. The van der Waals surface area contributed by atoms with Crippen molar-refractivity contribution in [3.05, 3.63) is 89.4 Å². The van der Waals surface area contributed by atoms with Gasteiger partial charge >= 0.3 is 0 Å². The molecule has 0 radical (unpaired) electrons. The van der Waals surface area contributed by atoms with Gasteiger partial charge in [0.25, 0.3) is 0 Å². The largest absolute Gasteiger partial charge is 0.493 e. The number of hydrogen-bond acceptors (Lipinski definition) is 3. The van der Waals surface area contributed by atoms with Crippen LogP contribution in [0.5, 0.6) is 5.75 Å². The molecule has 0 aliphatic heterocycles. The zero-order chi connectivity index (χ0) is 18.9. The highest BCUT2D eigenvalue weighted by Gasteiger charge is 2.04. The minimum absolute atomic E-state index is 0.0808. The van der Waals surface area contributed by atoms with Gasteiger partial charge < -0.3 is 15.4 Å². The van der Waals surface area contributed by atoms with Crippen LogP contribution in [-0.4, -0.2) is 12.5 Å². The van der Waals surface area contributed by atoms with E-state index in [1.54, 1.807) is 0 Å². The number of carbonyl (C=O) groups excluding carboxylic acids is 1. The maximum Gasteiger partial charge on any atom is 0.227 e. The number of ether oxygens (including phenoxy) is 1. The van der Waals surface area contributed by atoms with Gasteiger partial charge in [0.15, 0.2) is 0 Å². The summed E-state index contributed by atoms with van der Waals surface area (Å²) >= 11 is 6.16. The molecule has 0 unspecified atom stereocenters. The lowest BCUT2D eigenvalue weighted by Crippen LogP contribution is -2.15. The van der Waals surface area contributed by atoms with E-state index in [0.717, 1.165) is 27.7 Å². The van der Waals surface area contributed by atoms with Gasteiger partial charge in [-0.05, 0) is 48.0 Å². The Bertz CT molecular complexity index is 867. The number of hydrogen-bond donors (Lipinski definition) is 2. The molecule has 3 aromatic rings. The molecule has 27 heavy (non-hydrogen) atoms. The number of benzene rings is 3. The third kappa shape index (κ3) is 6.04. The zero-order valence-corrected chi connectivity index (χ0v) is 15.6. The summed E-state index contributed by atoms with van der Waals surface area (Å²) in [4.78, 5) is 12.0. The van der Waals surface area contributed by atoms with Crippen molar-refractivity contribution in [3.8, 4) is 5.75 Å². The van der Waals surface area contributed by atoms with Crippen molar-refractivity contribution in [2.45, 2.75) is 13.0 Å². The van der Waals surface area contributed by atoms with Gasteiger partial charge in [0.05, 0.1) is 13.0 Å². The molecule has 0 saturated carbocycles. The summed E-state index contributed by atoms with van der Waals surface area (Å²) in [5.74, 6) is 0.682. The van der Waals surface area contributed by atoms with Gasteiger partial charge in [0.2, 0.25) is 5.91 Å². The van der Waals surface area contributed by atoms with Crippen LogP contribution in [0.1, 0.15) is 12.0 Å². The number of anilines is 2. The first-order valence-electron chi connectivity index (χ1n) is 8.76. The summed E-state index contributed by atoms with van der Waals surface area (Å²) in [6.45, 7) is 0.982. The average molecular weight is 381 g/mol. The number of nitrogens with one attached hydrogen (secondary N) is 2. The van der Waals surface area contributed by atoms with E-state index in [2.05, 4.69) is 10.6 Å². The summed E-state index contributed by atoms with van der Waals surface area (Å²) in [7, 11) is 0. The first kappa shape index (κ1) is 18.8. The molecule has 5 heteroatoms. The van der Waals surface area contributed by atoms with Crippen LogP contribution in [0.15, 0.2) is 78.9 Å². The molecule has 3 rings (SSSR count). The highest BCUT2D eigenvalue weighted by Crippen LogP contribution is 2.18. The molecule has 4 nitrogen and oxygen atoms in total. The van der Waals surface area contributed by atoms with E-state index < -0.39 is 0 Å². The predicted octanol–water partition coefficient (Wildman–Crippen LogP) is 5.36. The van der Waals surface area contributed by atoms with Gasteiger partial charge in [0.1, 0.15) is 5.75 Å². The summed E-state index contributed by atoms with van der Waals surface area (Å²) in [6.07, 6.45) is 0.293. The number of carbonyl (C=O) groups is 1. The van der Waals surface area contributed by atoms with E-state index in [0.29, 0.717) is 19.6 Å². The Morgan fingerprint density at radius 1 is 0.852 bits per heavy atom. The highest BCUT2D eigenvalue weighted by molar-refractivity contribution is 6.31. The quantitative estimate of drug-likeness (QED) is 0.553. The van der Waals surface area contributed by atoms with E-state index >= 15 is 0 Å². The minimum atomic E-state index is -0.0808. The van der Waals surface area contributed by atoms with Crippen molar-refractivity contribution in [1.29, 1.82) is 0 Å². The molecule has 2 N–H and O–H groups in total. The Labute approximate surface area is 164 Å². The fourth-order valence-electron chi connectivity index (χ4n) is 2.51. The van der Waals surface area contributed by atoms with Crippen molar-refractivity contribution in [2.24, 2.45) is 0 Å². The lowest BCUT2D eigenvalue weighted by Gasteiger charge is -2.10. The van der Waals surface area contributed by atoms with Crippen LogP contribution in [0, 0.1) is 0 Å². The fraction of sp³-hybridized carbons (Fsp3) is 0.136. The van der Waals surface area contributed by atoms with Crippen LogP contribution in [-0.2, 0) is 11.3 Å². The number of halogens is 1. The van der Waals surface area contributed by atoms with Crippen LogP contribution >= 0.6 is 11.6 Å². The molecule has 1 amide bonds. The molecule has 0 atom stereocenters. The van der Waals surface area contributed by atoms with Gasteiger partial charge in [-0.3, -0.25) is 4.79 Å². The lowest BCUT2D eigenvalue weighted by molar-refractivity contribution is -0.116. The maximum absolute atomic E-state index is 12.0. The molecule has 0 heterocycles. The number of para-hydroxylation sites is 1. The molecule has 3 aromatic carbocycles. The first-order valence-corrected chi connectivity index (χ1v) is 9.13. The van der Waals surface area contributed by atoms with Gasteiger partial charge in [-0.2, -0.15) is 0 Å². The van der Waals surface area contributed by atoms with Crippen LogP contribution in [0.25, 0.3) is 0 Å². The smallest absolute Gasteiger partial charge is 0.227 e. The Balaban J connectivity index is 1.43. The van der Waals surface area contributed by atoms with E-state index in [4.69, 9.17) is 16.3 Å². The van der Waals surface area contributed by atoms with Crippen LogP contribution in [0.3, 0.4) is 0 Å². The Hall–Kier alpha value is -2.98. The van der Waals surface area contributed by atoms with Crippen molar-refractivity contribution in [2.75, 3.05) is 17.2 Å². The summed E-state index contributed by atoms with van der Waals surface area (Å²) in [5.41, 5.74) is 2.75. The molecule has 0 bridgehead atoms. The molecule has 0 saturated heterocycles. The van der Waals surface area contributed by atoms with E-state index in [1.807, 2.05) is 78.9 Å². The van der Waals surface area contributed by atoms with Crippen molar-refractivity contribution in [1.82, 2.24) is 0 Å². The van der Waals surface area contributed by atoms with Gasteiger partial charge in [-0.1, -0.05) is 48.0 Å². The molecular formula is C22H21ClN2O2.